The van der Waals surface area contributed by atoms with Crippen molar-refractivity contribution in [2.75, 3.05) is 32.7 Å². The number of imidazole rings is 1. The molecule has 8 nitrogen and oxygen atoms in total. The van der Waals surface area contributed by atoms with Gasteiger partial charge in [-0.15, -0.1) is 0 Å². The minimum absolute atomic E-state index is 0.0321. The number of rotatable bonds is 5. The van der Waals surface area contributed by atoms with Gasteiger partial charge in [-0.25, -0.2) is 4.98 Å². The zero-order valence-electron chi connectivity index (χ0n) is 19.9. The van der Waals surface area contributed by atoms with Crippen LogP contribution >= 0.6 is 0 Å². The van der Waals surface area contributed by atoms with Gasteiger partial charge in [0.25, 0.3) is 11.5 Å². The number of allylic oxidation sites excluding steroid dienone is 1. The molecule has 1 amide bonds. The summed E-state index contributed by atoms with van der Waals surface area (Å²) in [6.45, 7) is 8.41. The predicted molar refractivity (Wildman–Crippen MR) is 136 cm³/mol. The van der Waals surface area contributed by atoms with Crippen molar-refractivity contribution in [1.82, 2.24) is 28.9 Å². The van der Waals surface area contributed by atoms with Crippen LogP contribution < -0.4 is 5.56 Å². The summed E-state index contributed by atoms with van der Waals surface area (Å²) in [5.41, 5.74) is 4.48. The maximum atomic E-state index is 13.5. The van der Waals surface area contributed by atoms with E-state index in [1.165, 1.54) is 0 Å². The lowest BCUT2D eigenvalue weighted by molar-refractivity contribution is 0.0643. The van der Waals surface area contributed by atoms with Crippen molar-refractivity contribution in [2.45, 2.75) is 20.3 Å². The number of aromatic nitrogens is 4. The van der Waals surface area contributed by atoms with Crippen molar-refractivity contribution in [3.63, 3.8) is 0 Å². The second-order valence-corrected chi connectivity index (χ2v) is 8.79. The molecule has 8 heteroatoms. The number of piperazine rings is 1. The second-order valence-electron chi connectivity index (χ2n) is 8.79. The highest BCUT2D eigenvalue weighted by Crippen LogP contribution is 2.33. The fraction of sp³-hybridized carbons (Fsp3) is 0.346. The lowest BCUT2D eigenvalue weighted by Crippen LogP contribution is -2.48. The number of amides is 1. The largest absolute Gasteiger partial charge is 0.357 e. The van der Waals surface area contributed by atoms with E-state index in [1.54, 1.807) is 23.3 Å². The molecular weight excluding hydrogens is 428 g/mol. The number of nitrogens with zero attached hydrogens (tertiary/aromatic N) is 5. The van der Waals surface area contributed by atoms with E-state index in [0.717, 1.165) is 66.7 Å². The molecule has 5 rings (SSSR count). The van der Waals surface area contributed by atoms with Crippen molar-refractivity contribution < 1.29 is 4.79 Å². The molecule has 34 heavy (non-hydrogen) atoms. The van der Waals surface area contributed by atoms with Gasteiger partial charge in [-0.3, -0.25) is 14.2 Å². The molecule has 4 aromatic rings. The van der Waals surface area contributed by atoms with E-state index >= 15 is 0 Å². The monoisotopic (exact) mass is 458 g/mol. The van der Waals surface area contributed by atoms with Gasteiger partial charge in [-0.2, -0.15) is 0 Å². The first-order valence-electron chi connectivity index (χ1n) is 11.9. The number of aryl methyl sites for hydroxylation is 1. The number of fused-ring (bicyclic) bond motifs is 2. The summed E-state index contributed by atoms with van der Waals surface area (Å²) in [5.74, 6) is 0.0321. The Kier molecular flexibility index (Phi) is 5.83. The van der Waals surface area contributed by atoms with E-state index in [1.807, 2.05) is 53.9 Å². The van der Waals surface area contributed by atoms with E-state index in [4.69, 9.17) is 0 Å². The maximum Gasteiger partial charge on any atom is 0.278 e. The molecule has 0 spiro atoms. The SMILES string of the molecule is CC/C=C/n1cc(-c2cc(C(=O)N3CCN(CC)CC3)cc3c2ncn3C)c2cc[nH]c2c1=O. The van der Waals surface area contributed by atoms with Crippen LogP contribution in [0.2, 0.25) is 0 Å². The summed E-state index contributed by atoms with van der Waals surface area (Å²) in [5, 5.41) is 0.819. The van der Waals surface area contributed by atoms with E-state index in [-0.39, 0.29) is 11.5 Å². The first-order valence-corrected chi connectivity index (χ1v) is 11.9. The highest BCUT2D eigenvalue weighted by Gasteiger charge is 2.24. The molecule has 0 bridgehead atoms. The Morgan fingerprint density at radius 2 is 1.94 bits per heavy atom. The molecule has 1 aliphatic rings. The molecule has 0 unspecified atom stereocenters. The number of benzene rings is 1. The van der Waals surface area contributed by atoms with Crippen molar-refractivity contribution in [1.29, 1.82) is 0 Å². The van der Waals surface area contributed by atoms with Gasteiger partial charge in [-0.05, 0) is 31.2 Å². The van der Waals surface area contributed by atoms with E-state index < -0.39 is 0 Å². The summed E-state index contributed by atoms with van der Waals surface area (Å²) in [6, 6.07) is 5.78. The zero-order valence-corrected chi connectivity index (χ0v) is 19.9. The molecule has 3 aromatic heterocycles. The Bertz CT molecular complexity index is 1450. The standard InChI is InChI=1S/C26H30N6O2/c1-4-6-9-32-16-21(19-7-8-27-24(19)26(32)34)20-14-18(15-22-23(20)28-17-29(22)3)25(33)31-12-10-30(5-2)11-13-31/h6-9,14-17,27H,4-5,10-13H2,1-3H3/b9-6+. The molecule has 0 radical (unpaired) electrons. The normalized spacial score (nSPS) is 15.2. The van der Waals surface area contributed by atoms with Gasteiger partial charge < -0.3 is 19.4 Å². The van der Waals surface area contributed by atoms with Gasteiger partial charge in [0.1, 0.15) is 5.52 Å². The van der Waals surface area contributed by atoms with Crippen LogP contribution in [-0.4, -0.2) is 67.5 Å². The third-order valence-electron chi connectivity index (χ3n) is 6.73. The number of carbonyl (C=O) groups is 1. The highest BCUT2D eigenvalue weighted by atomic mass is 16.2. The fourth-order valence-corrected chi connectivity index (χ4v) is 4.72. The molecule has 1 fully saturated rings. The van der Waals surface area contributed by atoms with Gasteiger partial charge >= 0.3 is 0 Å². The lowest BCUT2D eigenvalue weighted by atomic mass is 9.99. The van der Waals surface area contributed by atoms with E-state index in [9.17, 15) is 9.59 Å². The smallest absolute Gasteiger partial charge is 0.278 e. The Morgan fingerprint density at radius 1 is 1.15 bits per heavy atom. The second kappa shape index (κ2) is 8.95. The average Bonchev–Trinajstić information content (AvgIpc) is 3.50. The molecule has 1 N–H and O–H groups in total. The fourth-order valence-electron chi connectivity index (χ4n) is 4.72. The quantitative estimate of drug-likeness (QED) is 0.496. The summed E-state index contributed by atoms with van der Waals surface area (Å²) < 4.78 is 3.54. The molecule has 176 valence electrons. The summed E-state index contributed by atoms with van der Waals surface area (Å²) in [7, 11) is 1.93. The predicted octanol–water partition coefficient (Wildman–Crippen LogP) is 3.54. The van der Waals surface area contributed by atoms with Crippen LogP contribution in [0.5, 0.6) is 0 Å². The topological polar surface area (TPSA) is 79.2 Å². The maximum absolute atomic E-state index is 13.5. The van der Waals surface area contributed by atoms with Crippen LogP contribution in [0.4, 0.5) is 0 Å². The van der Waals surface area contributed by atoms with Gasteiger partial charge in [0.2, 0.25) is 0 Å². The number of carbonyl (C=O) groups excluding carboxylic acids is 1. The summed E-state index contributed by atoms with van der Waals surface area (Å²) in [4.78, 5) is 38.5. The summed E-state index contributed by atoms with van der Waals surface area (Å²) in [6.07, 6.45) is 9.97. The van der Waals surface area contributed by atoms with Crippen LogP contribution in [0.1, 0.15) is 30.6 Å². The van der Waals surface area contributed by atoms with Gasteiger partial charge in [0, 0.05) is 73.9 Å². The molecular formula is C26H30N6O2. The van der Waals surface area contributed by atoms with Crippen molar-refractivity contribution >= 4 is 34.0 Å². The van der Waals surface area contributed by atoms with E-state index in [0.29, 0.717) is 11.1 Å². The van der Waals surface area contributed by atoms with Gasteiger partial charge in [0.05, 0.1) is 17.4 Å². The molecule has 0 atom stereocenters. The Hall–Kier alpha value is -3.65. The minimum Gasteiger partial charge on any atom is -0.357 e. The van der Waals surface area contributed by atoms with Gasteiger partial charge in [-0.1, -0.05) is 19.9 Å². The molecule has 0 aliphatic carbocycles. The Morgan fingerprint density at radius 3 is 2.68 bits per heavy atom. The Labute approximate surface area is 198 Å². The van der Waals surface area contributed by atoms with E-state index in [2.05, 4.69) is 21.8 Å². The van der Waals surface area contributed by atoms with Crippen LogP contribution in [0, 0.1) is 0 Å². The molecule has 4 heterocycles. The summed E-state index contributed by atoms with van der Waals surface area (Å²) >= 11 is 0. The molecule has 0 saturated carbocycles. The number of nitrogens with one attached hydrogen (secondary N) is 1. The first kappa shape index (κ1) is 22.2. The number of H-pyrrole nitrogens is 1. The third-order valence-corrected chi connectivity index (χ3v) is 6.73. The third kappa shape index (κ3) is 3.74. The zero-order chi connectivity index (χ0) is 23.8. The number of likely N-dealkylation sites (N-methyl/N-ethyl adjacent to an activating group) is 1. The number of pyridine rings is 1. The van der Waals surface area contributed by atoms with Crippen LogP contribution in [0.3, 0.4) is 0 Å². The number of aromatic amines is 1. The lowest BCUT2D eigenvalue weighted by Gasteiger charge is -2.34. The highest BCUT2D eigenvalue weighted by molar-refractivity contribution is 6.06. The van der Waals surface area contributed by atoms with Crippen LogP contribution in [0.25, 0.3) is 39.3 Å². The van der Waals surface area contributed by atoms with Gasteiger partial charge in [0.15, 0.2) is 0 Å². The van der Waals surface area contributed by atoms with Crippen molar-refractivity contribution in [2.24, 2.45) is 7.05 Å². The average molecular weight is 459 g/mol. The Balaban J connectivity index is 1.68. The first-order chi connectivity index (χ1) is 16.5. The van der Waals surface area contributed by atoms with Crippen molar-refractivity contribution in [3.05, 3.63) is 58.9 Å². The molecule has 1 aliphatic heterocycles. The molecule has 1 aromatic carbocycles. The van der Waals surface area contributed by atoms with Crippen LogP contribution in [-0.2, 0) is 7.05 Å². The molecule has 1 saturated heterocycles. The van der Waals surface area contributed by atoms with Crippen molar-refractivity contribution in [3.8, 4) is 11.1 Å². The number of hydrogen-bond donors (Lipinski definition) is 1. The number of hydrogen-bond acceptors (Lipinski definition) is 4. The minimum atomic E-state index is -0.105. The van der Waals surface area contributed by atoms with Crippen LogP contribution in [0.15, 0.2) is 47.8 Å².